The Bertz CT molecular complexity index is 1290. The van der Waals surface area contributed by atoms with Crippen LogP contribution in [-0.4, -0.2) is 52.3 Å². The Hall–Kier alpha value is -3.14. The molecule has 11 heteroatoms. The summed E-state index contributed by atoms with van der Waals surface area (Å²) in [5.41, 5.74) is 1.35. The minimum Gasteiger partial charge on any atom is -0.452 e. The summed E-state index contributed by atoms with van der Waals surface area (Å²) in [4.78, 5) is 26.3. The summed E-state index contributed by atoms with van der Waals surface area (Å²) in [6, 6.07) is 25.9. The van der Waals surface area contributed by atoms with Crippen molar-refractivity contribution in [3.8, 4) is 0 Å². The number of carbonyl (C=O) groups excluding carboxylic acids is 2. The number of ether oxygens (including phenoxy) is 5. The van der Waals surface area contributed by atoms with Crippen LogP contribution in [0.2, 0.25) is 0 Å². The molecule has 3 aromatic carbocycles. The summed E-state index contributed by atoms with van der Waals surface area (Å²) in [7, 11) is 0. The molecule has 8 nitrogen and oxygen atoms in total. The van der Waals surface area contributed by atoms with Crippen molar-refractivity contribution in [3.05, 3.63) is 108 Å². The molecule has 1 N–H and O–H groups in total. The lowest BCUT2D eigenvalue weighted by molar-refractivity contribution is -0.284. The molecule has 4 rings (SSSR count). The normalized spacial score (nSPS) is 22.6. The van der Waals surface area contributed by atoms with Gasteiger partial charge in [-0.05, 0) is 36.8 Å². The van der Waals surface area contributed by atoms with Gasteiger partial charge < -0.3 is 23.7 Å². The highest BCUT2D eigenvalue weighted by Gasteiger charge is 2.52. The molecular weight excluding hydrogens is 581 g/mol. The fourth-order valence-electron chi connectivity index (χ4n) is 4.02. The van der Waals surface area contributed by atoms with Crippen LogP contribution in [0.15, 0.2) is 91.0 Å². The predicted molar refractivity (Wildman–Crippen MR) is 150 cm³/mol. The molecule has 0 spiro atoms. The lowest BCUT2D eigenvalue weighted by Gasteiger charge is -2.44. The second-order valence-corrected chi connectivity index (χ2v) is 11.2. The van der Waals surface area contributed by atoms with Gasteiger partial charge in [0.1, 0.15) is 0 Å². The summed E-state index contributed by atoms with van der Waals surface area (Å²) in [5, 5.41) is 8.10. The molecule has 1 saturated heterocycles. The molecule has 210 valence electrons. The van der Waals surface area contributed by atoms with E-state index in [4.69, 9.17) is 63.9 Å². The summed E-state index contributed by atoms with van der Waals surface area (Å²) >= 11 is 17.6. The third-order valence-corrected chi connectivity index (χ3v) is 6.52. The van der Waals surface area contributed by atoms with Crippen molar-refractivity contribution in [1.82, 2.24) is 0 Å². The molecule has 3 aromatic rings. The quantitative estimate of drug-likeness (QED) is 0.142. The predicted octanol–water partition coefficient (Wildman–Crippen LogP) is 6.13. The van der Waals surface area contributed by atoms with Crippen molar-refractivity contribution >= 4 is 52.6 Å². The maximum absolute atomic E-state index is 13.2. The van der Waals surface area contributed by atoms with Crippen molar-refractivity contribution in [1.29, 1.82) is 5.41 Å². The van der Waals surface area contributed by atoms with E-state index in [1.807, 2.05) is 30.3 Å². The summed E-state index contributed by atoms with van der Waals surface area (Å²) in [5.74, 6) is -2.07. The van der Waals surface area contributed by atoms with E-state index in [0.29, 0.717) is 5.56 Å². The number of esters is 2. The number of halogens is 3. The minimum absolute atomic E-state index is 0.0446. The average Bonchev–Trinajstić information content (AvgIpc) is 2.95. The first-order valence-corrected chi connectivity index (χ1v) is 13.4. The van der Waals surface area contributed by atoms with Gasteiger partial charge >= 0.3 is 11.9 Å². The molecular formula is C29H26Cl3NO7. The van der Waals surface area contributed by atoms with Crippen molar-refractivity contribution < 1.29 is 33.3 Å². The van der Waals surface area contributed by atoms with Crippen LogP contribution in [0.3, 0.4) is 0 Å². The van der Waals surface area contributed by atoms with E-state index in [-0.39, 0.29) is 12.2 Å². The number of alkyl halides is 3. The van der Waals surface area contributed by atoms with Gasteiger partial charge in [0.05, 0.1) is 23.8 Å². The van der Waals surface area contributed by atoms with Crippen molar-refractivity contribution in [2.24, 2.45) is 0 Å². The van der Waals surface area contributed by atoms with Crippen molar-refractivity contribution in [3.63, 3.8) is 0 Å². The van der Waals surface area contributed by atoms with E-state index in [1.54, 1.807) is 67.6 Å². The van der Waals surface area contributed by atoms with Crippen molar-refractivity contribution in [2.45, 2.75) is 48.0 Å². The number of hydrogen-bond donors (Lipinski definition) is 1. The number of rotatable bonds is 8. The smallest absolute Gasteiger partial charge is 0.338 e. The van der Waals surface area contributed by atoms with Gasteiger partial charge in [-0.3, -0.25) is 5.41 Å². The molecule has 5 atom stereocenters. The highest BCUT2D eigenvalue weighted by atomic mass is 35.6. The van der Waals surface area contributed by atoms with Crippen LogP contribution in [0.5, 0.6) is 0 Å². The van der Waals surface area contributed by atoms with Crippen LogP contribution < -0.4 is 0 Å². The Morgan fingerprint density at radius 2 is 1.23 bits per heavy atom. The maximum atomic E-state index is 13.2. The maximum Gasteiger partial charge on any atom is 0.338 e. The molecule has 3 unspecified atom stereocenters. The van der Waals surface area contributed by atoms with Crippen LogP contribution in [-0.2, 0) is 30.3 Å². The zero-order valence-corrected chi connectivity index (χ0v) is 23.5. The molecule has 0 aliphatic carbocycles. The van der Waals surface area contributed by atoms with Crippen LogP contribution >= 0.6 is 34.8 Å². The molecule has 1 fully saturated rings. The number of carbonyl (C=O) groups is 2. The fraction of sp³-hybridized carbons (Fsp3) is 0.276. The minimum atomic E-state index is -2.19. The second kappa shape index (κ2) is 13.5. The van der Waals surface area contributed by atoms with Gasteiger partial charge in [-0.2, -0.15) is 0 Å². The van der Waals surface area contributed by atoms with E-state index in [2.05, 4.69) is 0 Å². The Labute approximate surface area is 246 Å². The van der Waals surface area contributed by atoms with Crippen LogP contribution in [0.1, 0.15) is 33.2 Å². The molecule has 0 amide bonds. The molecule has 1 aliphatic heterocycles. The topological polar surface area (TPSA) is 104 Å². The molecule has 0 radical (unpaired) electrons. The number of benzene rings is 3. The van der Waals surface area contributed by atoms with Crippen LogP contribution in [0, 0.1) is 5.41 Å². The lowest BCUT2D eigenvalue weighted by Crippen LogP contribution is -2.61. The first-order valence-electron chi connectivity index (χ1n) is 12.3. The van der Waals surface area contributed by atoms with Crippen molar-refractivity contribution in [2.75, 3.05) is 0 Å². The largest absolute Gasteiger partial charge is 0.452 e. The van der Waals surface area contributed by atoms with Gasteiger partial charge in [0.15, 0.2) is 18.3 Å². The van der Waals surface area contributed by atoms with Gasteiger partial charge in [-0.15, -0.1) is 0 Å². The van der Waals surface area contributed by atoms with E-state index in [0.717, 1.165) is 5.56 Å². The Morgan fingerprint density at radius 3 is 1.73 bits per heavy atom. The lowest BCUT2D eigenvalue weighted by atomic mass is 9.98. The highest BCUT2D eigenvalue weighted by Crippen LogP contribution is 2.34. The van der Waals surface area contributed by atoms with Gasteiger partial charge in [-0.25, -0.2) is 9.59 Å². The third-order valence-electron chi connectivity index (χ3n) is 6.01. The first kappa shape index (κ1) is 29.8. The standard InChI is InChI=1S/C29H26Cl3NO7/c1-18-22(38-25(34)20-13-7-3-8-14-20)23(39-26(35)21-15-9-4-10-16-21)24(36-17-19-11-5-2-6-12-19)27(37-18)40-28(33)29(30,31)32/h2-16,18,22-24,27,33H,17H2,1H3/t18?,22-,23?,24?,27+/m1/s1. The molecule has 0 saturated carbocycles. The number of nitrogens with one attached hydrogen (secondary N) is 1. The summed E-state index contributed by atoms with van der Waals surface area (Å²) in [6.45, 7) is 1.65. The average molecular weight is 607 g/mol. The summed E-state index contributed by atoms with van der Waals surface area (Å²) < 4.78 is 27.3. The first-order chi connectivity index (χ1) is 19.1. The van der Waals surface area contributed by atoms with Gasteiger partial charge in [0.2, 0.25) is 12.2 Å². The Kier molecular flexibility index (Phi) is 10.1. The van der Waals surface area contributed by atoms with Crippen LogP contribution in [0.25, 0.3) is 0 Å². The zero-order chi connectivity index (χ0) is 28.7. The van der Waals surface area contributed by atoms with E-state index in [9.17, 15) is 9.59 Å². The SMILES string of the molecule is CC1O[C@@H](OC(=N)C(Cl)(Cl)Cl)C(OCc2ccccc2)C(OC(=O)c2ccccc2)[C@@H]1OC(=O)c1ccccc1. The Balaban J connectivity index is 1.69. The van der Waals surface area contributed by atoms with E-state index < -0.39 is 52.3 Å². The number of hydrogen-bond acceptors (Lipinski definition) is 8. The molecule has 0 bridgehead atoms. The molecule has 40 heavy (non-hydrogen) atoms. The van der Waals surface area contributed by atoms with Gasteiger partial charge in [0.25, 0.3) is 3.79 Å². The third kappa shape index (κ3) is 7.74. The van der Waals surface area contributed by atoms with Crippen LogP contribution in [0.4, 0.5) is 0 Å². The van der Waals surface area contributed by atoms with E-state index >= 15 is 0 Å². The summed E-state index contributed by atoms with van der Waals surface area (Å²) in [6.07, 6.45) is -5.80. The molecule has 0 aromatic heterocycles. The van der Waals surface area contributed by atoms with Gasteiger partial charge in [0, 0.05) is 0 Å². The molecule has 1 heterocycles. The zero-order valence-electron chi connectivity index (χ0n) is 21.2. The molecule has 1 aliphatic rings. The van der Waals surface area contributed by atoms with Gasteiger partial charge in [-0.1, -0.05) is 102 Å². The monoisotopic (exact) mass is 605 g/mol. The highest BCUT2D eigenvalue weighted by molar-refractivity contribution is 6.76. The fourth-order valence-corrected chi connectivity index (χ4v) is 4.16. The van der Waals surface area contributed by atoms with E-state index in [1.165, 1.54) is 0 Å². The Morgan fingerprint density at radius 1 is 0.750 bits per heavy atom. The second-order valence-electron chi connectivity index (χ2n) is 8.89.